The van der Waals surface area contributed by atoms with Gasteiger partial charge in [-0.15, -0.1) is 10.2 Å². The summed E-state index contributed by atoms with van der Waals surface area (Å²) in [6, 6.07) is 5.94. The third kappa shape index (κ3) is 2.73. The molecule has 0 saturated heterocycles. The van der Waals surface area contributed by atoms with Crippen molar-refractivity contribution in [3.63, 3.8) is 0 Å². The van der Waals surface area contributed by atoms with Gasteiger partial charge >= 0.3 is 0 Å². The van der Waals surface area contributed by atoms with Crippen LogP contribution in [0.3, 0.4) is 0 Å². The quantitative estimate of drug-likeness (QED) is 0.867. The number of hydrogen-bond donors (Lipinski definition) is 0. The van der Waals surface area contributed by atoms with Crippen molar-refractivity contribution >= 4 is 0 Å². The summed E-state index contributed by atoms with van der Waals surface area (Å²) in [5.74, 6) is 3.49. The van der Waals surface area contributed by atoms with E-state index in [4.69, 9.17) is 9.47 Å². The van der Waals surface area contributed by atoms with Crippen molar-refractivity contribution in [3.05, 3.63) is 24.0 Å². The van der Waals surface area contributed by atoms with Gasteiger partial charge in [-0.1, -0.05) is 0 Å². The predicted octanol–water partition coefficient (Wildman–Crippen LogP) is 3.08. The molecule has 0 aliphatic carbocycles. The maximum Gasteiger partial charge on any atom is 0.164 e. The van der Waals surface area contributed by atoms with E-state index in [9.17, 15) is 0 Å². The first kappa shape index (κ1) is 13.9. The van der Waals surface area contributed by atoms with E-state index in [0.29, 0.717) is 0 Å². The minimum absolute atomic E-state index is 0.116. The van der Waals surface area contributed by atoms with Gasteiger partial charge in [-0.05, 0) is 44.9 Å². The molecule has 0 radical (unpaired) electrons. The number of hydrogen-bond acceptors (Lipinski definition) is 4. The summed E-state index contributed by atoms with van der Waals surface area (Å²) in [5.41, 5.74) is 1.02. The normalized spacial score (nSPS) is 14.1. The van der Waals surface area contributed by atoms with E-state index in [1.807, 2.05) is 32.0 Å². The molecule has 1 aliphatic rings. The number of benzene rings is 1. The van der Waals surface area contributed by atoms with Crippen molar-refractivity contribution in [1.82, 2.24) is 14.8 Å². The fourth-order valence-corrected chi connectivity index (χ4v) is 2.68. The van der Waals surface area contributed by atoms with Crippen molar-refractivity contribution in [2.45, 2.75) is 45.8 Å². The molecule has 3 rings (SSSR count). The molecular weight excluding hydrogens is 266 g/mol. The molecule has 5 heteroatoms. The molecule has 0 spiro atoms. The van der Waals surface area contributed by atoms with Crippen LogP contribution < -0.4 is 9.47 Å². The molecule has 112 valence electrons. The zero-order chi connectivity index (χ0) is 14.8. The number of aryl methyl sites for hydroxylation is 1. The number of ether oxygens (including phenoxy) is 2. The molecule has 0 bridgehead atoms. The minimum atomic E-state index is 0.116. The Morgan fingerprint density at radius 1 is 1.14 bits per heavy atom. The summed E-state index contributed by atoms with van der Waals surface area (Å²) in [7, 11) is 1.66. The lowest BCUT2D eigenvalue weighted by atomic mass is 10.1. The van der Waals surface area contributed by atoms with Crippen LogP contribution in [0.4, 0.5) is 0 Å². The van der Waals surface area contributed by atoms with E-state index in [1.54, 1.807) is 7.11 Å². The van der Waals surface area contributed by atoms with Gasteiger partial charge in [0.1, 0.15) is 5.82 Å². The Hall–Kier alpha value is -2.04. The van der Waals surface area contributed by atoms with Crippen LogP contribution in [0.2, 0.25) is 0 Å². The van der Waals surface area contributed by atoms with Crippen LogP contribution in [-0.4, -0.2) is 28.0 Å². The Kier molecular flexibility index (Phi) is 3.82. The summed E-state index contributed by atoms with van der Waals surface area (Å²) < 4.78 is 13.4. The van der Waals surface area contributed by atoms with Gasteiger partial charge in [-0.25, -0.2) is 0 Å². The predicted molar refractivity (Wildman–Crippen MR) is 80.7 cm³/mol. The van der Waals surface area contributed by atoms with Crippen molar-refractivity contribution in [3.8, 4) is 22.9 Å². The summed E-state index contributed by atoms with van der Waals surface area (Å²) in [5, 5.41) is 8.65. The SMILES string of the molecule is COc1cc(-c2nnc3n2CCCC3)ccc1OC(C)C. The fourth-order valence-electron chi connectivity index (χ4n) is 2.68. The average molecular weight is 287 g/mol. The van der Waals surface area contributed by atoms with Crippen LogP contribution in [0.25, 0.3) is 11.4 Å². The monoisotopic (exact) mass is 287 g/mol. The van der Waals surface area contributed by atoms with Crippen LogP contribution in [0.1, 0.15) is 32.5 Å². The van der Waals surface area contributed by atoms with Gasteiger partial charge in [0.25, 0.3) is 0 Å². The second kappa shape index (κ2) is 5.76. The molecule has 0 unspecified atom stereocenters. The third-order valence-corrected chi connectivity index (χ3v) is 3.64. The third-order valence-electron chi connectivity index (χ3n) is 3.64. The summed E-state index contributed by atoms with van der Waals surface area (Å²) >= 11 is 0. The molecule has 0 amide bonds. The average Bonchev–Trinajstić information content (AvgIpc) is 2.91. The molecule has 2 heterocycles. The lowest BCUT2D eigenvalue weighted by Gasteiger charge is -2.16. The van der Waals surface area contributed by atoms with Gasteiger partial charge in [-0.3, -0.25) is 0 Å². The zero-order valence-electron chi connectivity index (χ0n) is 12.8. The highest BCUT2D eigenvalue weighted by Gasteiger charge is 2.18. The van der Waals surface area contributed by atoms with Gasteiger partial charge in [0.15, 0.2) is 17.3 Å². The van der Waals surface area contributed by atoms with E-state index in [-0.39, 0.29) is 6.10 Å². The Morgan fingerprint density at radius 2 is 2.00 bits per heavy atom. The molecule has 0 fully saturated rings. The van der Waals surface area contributed by atoms with Crippen molar-refractivity contribution in [2.75, 3.05) is 7.11 Å². The van der Waals surface area contributed by atoms with Crippen LogP contribution in [0.5, 0.6) is 11.5 Å². The number of nitrogens with zero attached hydrogens (tertiary/aromatic N) is 3. The number of aromatic nitrogens is 3. The highest BCUT2D eigenvalue weighted by Crippen LogP contribution is 2.33. The molecule has 0 N–H and O–H groups in total. The Labute approximate surface area is 124 Å². The lowest BCUT2D eigenvalue weighted by molar-refractivity contribution is 0.230. The van der Waals surface area contributed by atoms with Crippen molar-refractivity contribution < 1.29 is 9.47 Å². The van der Waals surface area contributed by atoms with Crippen LogP contribution in [0.15, 0.2) is 18.2 Å². The first-order valence-electron chi connectivity index (χ1n) is 7.46. The van der Waals surface area contributed by atoms with Gasteiger partial charge in [0.2, 0.25) is 0 Å². The van der Waals surface area contributed by atoms with Gasteiger partial charge in [0.05, 0.1) is 13.2 Å². The lowest BCUT2D eigenvalue weighted by Crippen LogP contribution is -2.11. The van der Waals surface area contributed by atoms with E-state index < -0.39 is 0 Å². The first-order chi connectivity index (χ1) is 10.2. The molecule has 1 aliphatic heterocycles. The van der Waals surface area contributed by atoms with Crippen LogP contribution in [0, 0.1) is 0 Å². The van der Waals surface area contributed by atoms with Crippen LogP contribution in [-0.2, 0) is 13.0 Å². The zero-order valence-corrected chi connectivity index (χ0v) is 12.8. The number of methoxy groups -OCH3 is 1. The largest absolute Gasteiger partial charge is 0.493 e. The molecular formula is C16H21N3O2. The Balaban J connectivity index is 1.97. The molecule has 21 heavy (non-hydrogen) atoms. The van der Waals surface area contributed by atoms with Crippen molar-refractivity contribution in [2.24, 2.45) is 0 Å². The van der Waals surface area contributed by atoms with Gasteiger partial charge in [-0.2, -0.15) is 0 Å². The second-order valence-electron chi connectivity index (χ2n) is 5.58. The number of rotatable bonds is 4. The fraction of sp³-hybridized carbons (Fsp3) is 0.500. The van der Waals surface area contributed by atoms with E-state index in [2.05, 4.69) is 14.8 Å². The maximum atomic E-state index is 5.75. The smallest absolute Gasteiger partial charge is 0.164 e. The topological polar surface area (TPSA) is 49.2 Å². The molecule has 1 aromatic carbocycles. The summed E-state index contributed by atoms with van der Waals surface area (Å²) in [4.78, 5) is 0. The van der Waals surface area contributed by atoms with Gasteiger partial charge < -0.3 is 14.0 Å². The highest BCUT2D eigenvalue weighted by atomic mass is 16.5. The molecule has 5 nitrogen and oxygen atoms in total. The molecule has 0 saturated carbocycles. The van der Waals surface area contributed by atoms with E-state index in [0.717, 1.165) is 41.7 Å². The molecule has 0 atom stereocenters. The van der Waals surface area contributed by atoms with Gasteiger partial charge in [0, 0.05) is 18.5 Å². The van der Waals surface area contributed by atoms with E-state index >= 15 is 0 Å². The Morgan fingerprint density at radius 3 is 2.76 bits per heavy atom. The highest BCUT2D eigenvalue weighted by molar-refractivity contribution is 5.61. The minimum Gasteiger partial charge on any atom is -0.493 e. The molecule has 2 aromatic rings. The maximum absolute atomic E-state index is 5.75. The first-order valence-corrected chi connectivity index (χ1v) is 7.46. The second-order valence-corrected chi connectivity index (χ2v) is 5.58. The van der Waals surface area contributed by atoms with Crippen molar-refractivity contribution in [1.29, 1.82) is 0 Å². The molecule has 1 aromatic heterocycles. The standard InChI is InChI=1S/C16H21N3O2/c1-11(2)21-13-8-7-12(10-14(13)20-3)16-18-17-15-6-4-5-9-19(15)16/h7-8,10-11H,4-6,9H2,1-3H3. The Bertz CT molecular complexity index is 634. The summed E-state index contributed by atoms with van der Waals surface area (Å²) in [6.07, 6.45) is 3.51. The van der Waals surface area contributed by atoms with E-state index in [1.165, 1.54) is 12.8 Å². The number of fused-ring (bicyclic) bond motifs is 1. The van der Waals surface area contributed by atoms with Crippen LogP contribution >= 0.6 is 0 Å². The summed E-state index contributed by atoms with van der Waals surface area (Å²) in [6.45, 7) is 4.99.